The molecule has 1 unspecified atom stereocenters. The number of H-pyrrole nitrogens is 1. The minimum absolute atomic E-state index is 0.110. The molecule has 2 aromatic rings. The van der Waals surface area contributed by atoms with Crippen LogP contribution in [0, 0.1) is 23.0 Å². The Bertz CT molecular complexity index is 529. The summed E-state index contributed by atoms with van der Waals surface area (Å²) in [6.07, 6.45) is 3.02. The normalized spacial score (nSPS) is 12.1. The van der Waals surface area contributed by atoms with E-state index in [2.05, 4.69) is 9.97 Å². The molecule has 1 atom stereocenters. The molecule has 0 aliphatic heterocycles. The van der Waals surface area contributed by atoms with Gasteiger partial charge in [-0.1, -0.05) is 6.07 Å². The molecular weight excluding hydrogens is 212 g/mol. The third kappa shape index (κ3) is 1.77. The highest BCUT2D eigenvalue weighted by Gasteiger charge is 2.19. The van der Waals surface area contributed by atoms with Gasteiger partial charge in [-0.25, -0.2) is 13.8 Å². The van der Waals surface area contributed by atoms with Crippen LogP contribution in [-0.2, 0) is 0 Å². The summed E-state index contributed by atoms with van der Waals surface area (Å²) in [4.78, 5) is 6.62. The van der Waals surface area contributed by atoms with Crippen LogP contribution in [0.2, 0.25) is 0 Å². The standard InChI is InChI=1S/C11H7F2N3/c12-7-1-2-8(10(13)5-7)9(6-14)11-15-3-4-16-11/h1-5,9H,(H,15,16). The van der Waals surface area contributed by atoms with Gasteiger partial charge in [-0.05, 0) is 6.07 Å². The van der Waals surface area contributed by atoms with Crippen molar-refractivity contribution in [1.29, 1.82) is 5.26 Å². The van der Waals surface area contributed by atoms with Crippen molar-refractivity contribution >= 4 is 0 Å². The smallest absolute Gasteiger partial charge is 0.132 e. The molecule has 80 valence electrons. The lowest BCUT2D eigenvalue weighted by molar-refractivity contribution is 0.570. The molecule has 1 aromatic carbocycles. The molecule has 0 bridgehead atoms. The van der Waals surface area contributed by atoms with Crippen molar-refractivity contribution < 1.29 is 8.78 Å². The number of nitrogens with zero attached hydrogens (tertiary/aromatic N) is 2. The van der Waals surface area contributed by atoms with Crippen molar-refractivity contribution in [2.24, 2.45) is 0 Å². The van der Waals surface area contributed by atoms with E-state index in [1.54, 1.807) is 6.20 Å². The van der Waals surface area contributed by atoms with Crippen LogP contribution in [0.3, 0.4) is 0 Å². The first-order chi connectivity index (χ1) is 7.72. The average Bonchev–Trinajstić information content (AvgIpc) is 2.75. The molecule has 0 saturated heterocycles. The minimum atomic E-state index is -0.851. The van der Waals surface area contributed by atoms with E-state index in [0.29, 0.717) is 5.82 Å². The summed E-state index contributed by atoms with van der Waals surface area (Å²) in [7, 11) is 0. The van der Waals surface area contributed by atoms with Crippen LogP contribution in [0.5, 0.6) is 0 Å². The number of hydrogen-bond acceptors (Lipinski definition) is 2. The van der Waals surface area contributed by atoms with E-state index in [1.165, 1.54) is 12.3 Å². The number of halogens is 2. The van der Waals surface area contributed by atoms with E-state index in [1.807, 2.05) is 6.07 Å². The molecule has 0 saturated carbocycles. The Kier molecular flexibility index (Phi) is 2.64. The molecule has 16 heavy (non-hydrogen) atoms. The zero-order chi connectivity index (χ0) is 11.5. The number of aromatic amines is 1. The molecule has 1 N–H and O–H groups in total. The van der Waals surface area contributed by atoms with E-state index >= 15 is 0 Å². The Morgan fingerprint density at radius 1 is 1.38 bits per heavy atom. The summed E-state index contributed by atoms with van der Waals surface area (Å²) in [5.74, 6) is -1.93. The molecule has 0 aliphatic carbocycles. The van der Waals surface area contributed by atoms with E-state index in [-0.39, 0.29) is 5.56 Å². The first kappa shape index (κ1) is 10.3. The molecule has 1 aromatic heterocycles. The molecule has 2 rings (SSSR count). The highest BCUT2D eigenvalue weighted by atomic mass is 19.1. The van der Waals surface area contributed by atoms with Crippen LogP contribution in [0.25, 0.3) is 0 Å². The van der Waals surface area contributed by atoms with E-state index in [0.717, 1.165) is 12.1 Å². The lowest BCUT2D eigenvalue weighted by Gasteiger charge is -2.07. The van der Waals surface area contributed by atoms with Crippen molar-refractivity contribution in [1.82, 2.24) is 9.97 Å². The van der Waals surface area contributed by atoms with Gasteiger partial charge in [0, 0.05) is 24.0 Å². The topological polar surface area (TPSA) is 52.5 Å². The zero-order valence-electron chi connectivity index (χ0n) is 8.11. The Hall–Kier alpha value is -2.22. The summed E-state index contributed by atoms with van der Waals surface area (Å²) in [5.41, 5.74) is 0.110. The van der Waals surface area contributed by atoms with Gasteiger partial charge < -0.3 is 4.98 Å². The van der Waals surface area contributed by atoms with Gasteiger partial charge in [-0.2, -0.15) is 5.26 Å². The second-order valence-corrected chi connectivity index (χ2v) is 3.20. The Balaban J connectivity index is 2.46. The molecule has 0 aliphatic rings. The van der Waals surface area contributed by atoms with Gasteiger partial charge in [0.05, 0.1) is 6.07 Å². The maximum absolute atomic E-state index is 13.4. The highest BCUT2D eigenvalue weighted by Crippen LogP contribution is 2.23. The third-order valence-corrected chi connectivity index (χ3v) is 2.20. The second kappa shape index (κ2) is 4.11. The predicted octanol–water partition coefficient (Wildman–Crippen LogP) is 2.34. The second-order valence-electron chi connectivity index (χ2n) is 3.20. The van der Waals surface area contributed by atoms with Crippen molar-refractivity contribution in [3.8, 4) is 6.07 Å². The highest BCUT2D eigenvalue weighted by molar-refractivity contribution is 5.33. The monoisotopic (exact) mass is 219 g/mol. The van der Waals surface area contributed by atoms with Crippen molar-refractivity contribution in [2.75, 3.05) is 0 Å². The lowest BCUT2D eigenvalue weighted by atomic mass is 9.99. The molecule has 0 spiro atoms. The average molecular weight is 219 g/mol. The lowest BCUT2D eigenvalue weighted by Crippen LogP contribution is -2.03. The van der Waals surface area contributed by atoms with Gasteiger partial charge >= 0.3 is 0 Å². The molecule has 0 radical (unpaired) electrons. The van der Waals surface area contributed by atoms with Crippen LogP contribution < -0.4 is 0 Å². The number of hydrogen-bond donors (Lipinski definition) is 1. The van der Waals surface area contributed by atoms with Gasteiger partial charge in [0.15, 0.2) is 0 Å². The van der Waals surface area contributed by atoms with Gasteiger partial charge in [0.2, 0.25) is 0 Å². The van der Waals surface area contributed by atoms with Gasteiger partial charge in [-0.3, -0.25) is 0 Å². The summed E-state index contributed by atoms with van der Waals surface area (Å²) < 4.78 is 26.2. The fourth-order valence-electron chi connectivity index (χ4n) is 1.45. The quantitative estimate of drug-likeness (QED) is 0.842. The van der Waals surface area contributed by atoms with Crippen LogP contribution >= 0.6 is 0 Å². The number of rotatable bonds is 2. The number of imidazole rings is 1. The van der Waals surface area contributed by atoms with Crippen molar-refractivity contribution in [3.63, 3.8) is 0 Å². The van der Waals surface area contributed by atoms with E-state index in [9.17, 15) is 8.78 Å². The maximum atomic E-state index is 13.4. The van der Waals surface area contributed by atoms with Crippen molar-refractivity contribution in [2.45, 2.75) is 5.92 Å². The van der Waals surface area contributed by atoms with Crippen LogP contribution in [-0.4, -0.2) is 9.97 Å². The fourth-order valence-corrected chi connectivity index (χ4v) is 1.45. The van der Waals surface area contributed by atoms with Crippen LogP contribution in [0.1, 0.15) is 17.3 Å². The molecule has 5 heteroatoms. The van der Waals surface area contributed by atoms with Gasteiger partial charge in [-0.15, -0.1) is 0 Å². The third-order valence-electron chi connectivity index (χ3n) is 2.20. The fraction of sp³-hybridized carbons (Fsp3) is 0.0909. The molecule has 0 amide bonds. The summed E-state index contributed by atoms with van der Waals surface area (Å²) >= 11 is 0. The predicted molar refractivity (Wildman–Crippen MR) is 52.4 cm³/mol. The number of aromatic nitrogens is 2. The number of nitriles is 1. The Morgan fingerprint density at radius 2 is 2.19 bits per heavy atom. The summed E-state index contributed by atoms with van der Waals surface area (Å²) in [5, 5.41) is 8.97. The molecule has 1 heterocycles. The summed E-state index contributed by atoms with van der Waals surface area (Å²) in [6.45, 7) is 0. The zero-order valence-corrected chi connectivity index (χ0v) is 8.11. The summed E-state index contributed by atoms with van der Waals surface area (Å²) in [6, 6.07) is 5.05. The van der Waals surface area contributed by atoms with Crippen LogP contribution in [0.4, 0.5) is 8.78 Å². The van der Waals surface area contributed by atoms with Gasteiger partial charge in [0.1, 0.15) is 23.4 Å². The van der Waals surface area contributed by atoms with E-state index < -0.39 is 17.6 Å². The van der Waals surface area contributed by atoms with Crippen LogP contribution in [0.15, 0.2) is 30.6 Å². The SMILES string of the molecule is N#CC(c1ncc[nH]1)c1ccc(F)cc1F. The maximum Gasteiger partial charge on any atom is 0.132 e. The van der Waals surface area contributed by atoms with Gasteiger partial charge in [0.25, 0.3) is 0 Å². The van der Waals surface area contributed by atoms with Crippen molar-refractivity contribution in [3.05, 3.63) is 53.6 Å². The minimum Gasteiger partial charge on any atom is -0.347 e. The Morgan fingerprint density at radius 3 is 2.75 bits per heavy atom. The first-order valence-corrected chi connectivity index (χ1v) is 4.56. The number of nitrogens with one attached hydrogen (secondary N) is 1. The number of benzene rings is 1. The molecule has 3 nitrogen and oxygen atoms in total. The first-order valence-electron chi connectivity index (χ1n) is 4.56. The van der Waals surface area contributed by atoms with E-state index in [4.69, 9.17) is 5.26 Å². The largest absolute Gasteiger partial charge is 0.347 e. The Labute approximate surface area is 90.4 Å². The molecule has 0 fully saturated rings. The molecular formula is C11H7F2N3.